The Balaban J connectivity index is 2.61. The monoisotopic (exact) mass is 324 g/mol. The maximum atomic E-state index is 6.09. The lowest BCUT2D eigenvalue weighted by Crippen LogP contribution is -2.29. The molecule has 0 saturated carbocycles. The maximum Gasteiger partial charge on any atom is 0.124 e. The average Bonchev–Trinajstić information content (AvgIpc) is 2.40. The van der Waals surface area contributed by atoms with Crippen molar-refractivity contribution in [3.63, 3.8) is 0 Å². The molecule has 112 valence electrons. The fourth-order valence-corrected chi connectivity index (χ4v) is 3.11. The number of hydrogen-bond acceptors (Lipinski definition) is 3. The van der Waals surface area contributed by atoms with Crippen molar-refractivity contribution in [2.24, 2.45) is 5.84 Å². The smallest absolute Gasteiger partial charge is 0.124 e. The van der Waals surface area contributed by atoms with Gasteiger partial charge >= 0.3 is 0 Å². The predicted molar refractivity (Wildman–Crippen MR) is 88.1 cm³/mol. The number of benzene rings is 2. The van der Waals surface area contributed by atoms with E-state index in [2.05, 4.69) is 11.5 Å². The molecule has 0 aliphatic heterocycles. The van der Waals surface area contributed by atoms with Gasteiger partial charge in [-0.2, -0.15) is 0 Å². The van der Waals surface area contributed by atoms with Gasteiger partial charge < -0.3 is 4.74 Å². The van der Waals surface area contributed by atoms with Crippen LogP contribution in [0, 0.1) is 13.8 Å². The minimum atomic E-state index is -0.253. The number of methoxy groups -OCH3 is 1. The zero-order valence-corrected chi connectivity index (χ0v) is 13.7. The van der Waals surface area contributed by atoms with E-state index in [0.717, 1.165) is 28.0 Å². The van der Waals surface area contributed by atoms with E-state index >= 15 is 0 Å². The average molecular weight is 325 g/mol. The fourth-order valence-electron chi connectivity index (χ4n) is 2.57. The summed E-state index contributed by atoms with van der Waals surface area (Å²) in [6.07, 6.45) is 0. The summed E-state index contributed by atoms with van der Waals surface area (Å²) in [7, 11) is 1.65. The van der Waals surface area contributed by atoms with Crippen molar-refractivity contribution < 1.29 is 4.74 Å². The molecule has 0 fully saturated rings. The molecule has 0 spiro atoms. The molecule has 21 heavy (non-hydrogen) atoms. The molecule has 1 atom stereocenters. The molecule has 0 saturated heterocycles. The van der Waals surface area contributed by atoms with Crippen molar-refractivity contribution in [3.05, 3.63) is 62.6 Å². The van der Waals surface area contributed by atoms with Gasteiger partial charge in [0.25, 0.3) is 0 Å². The molecular formula is C16H18Cl2N2O. The third-order valence-corrected chi connectivity index (χ3v) is 3.82. The highest BCUT2D eigenvalue weighted by Crippen LogP contribution is 2.35. The summed E-state index contributed by atoms with van der Waals surface area (Å²) in [4.78, 5) is 0. The molecule has 5 heteroatoms. The van der Waals surface area contributed by atoms with Gasteiger partial charge in [-0.3, -0.25) is 5.84 Å². The summed E-state index contributed by atoms with van der Waals surface area (Å²) < 4.78 is 5.51. The summed E-state index contributed by atoms with van der Waals surface area (Å²) in [5, 5.41) is 1.14. The van der Waals surface area contributed by atoms with Gasteiger partial charge in [-0.25, -0.2) is 5.43 Å². The highest BCUT2D eigenvalue weighted by atomic mass is 35.5. The van der Waals surface area contributed by atoms with E-state index < -0.39 is 0 Å². The Morgan fingerprint density at radius 3 is 2.19 bits per heavy atom. The Labute approximate surface area is 135 Å². The number of ether oxygens (including phenoxy) is 1. The van der Waals surface area contributed by atoms with Crippen LogP contribution in [0.1, 0.15) is 28.3 Å². The Kier molecular flexibility index (Phi) is 5.12. The molecule has 0 heterocycles. The van der Waals surface area contributed by atoms with Crippen LogP contribution in [-0.4, -0.2) is 7.11 Å². The summed E-state index contributed by atoms with van der Waals surface area (Å²) in [5.74, 6) is 6.56. The van der Waals surface area contributed by atoms with Gasteiger partial charge in [-0.05, 0) is 54.8 Å². The van der Waals surface area contributed by atoms with Crippen molar-refractivity contribution in [1.82, 2.24) is 5.43 Å². The molecule has 3 nitrogen and oxygen atoms in total. The standard InChI is InChI=1S/C16H18Cl2N2O/c1-9-4-10(2)15(14(5-9)21-3)16(20-19)11-6-12(17)8-13(18)7-11/h4-8,16,20H,19H2,1-3H3. The molecule has 0 radical (unpaired) electrons. The summed E-state index contributed by atoms with van der Waals surface area (Å²) in [5.41, 5.74) is 6.91. The molecular weight excluding hydrogens is 307 g/mol. The lowest BCUT2D eigenvalue weighted by molar-refractivity contribution is 0.403. The van der Waals surface area contributed by atoms with Gasteiger partial charge in [-0.15, -0.1) is 0 Å². The van der Waals surface area contributed by atoms with Crippen LogP contribution >= 0.6 is 23.2 Å². The number of rotatable bonds is 4. The maximum absolute atomic E-state index is 6.09. The topological polar surface area (TPSA) is 47.3 Å². The van der Waals surface area contributed by atoms with Crippen LogP contribution in [0.2, 0.25) is 10.0 Å². The molecule has 0 aliphatic rings. The third kappa shape index (κ3) is 3.50. The van der Waals surface area contributed by atoms with Crippen LogP contribution in [0.4, 0.5) is 0 Å². The summed E-state index contributed by atoms with van der Waals surface area (Å²) >= 11 is 12.2. The first-order valence-corrected chi connectivity index (χ1v) is 7.29. The van der Waals surface area contributed by atoms with Gasteiger partial charge in [0.15, 0.2) is 0 Å². The van der Waals surface area contributed by atoms with E-state index in [0.29, 0.717) is 10.0 Å². The first-order chi connectivity index (χ1) is 9.96. The molecule has 1 unspecified atom stereocenters. The Bertz CT molecular complexity index is 639. The van der Waals surface area contributed by atoms with E-state index in [1.807, 2.05) is 32.0 Å². The zero-order chi connectivity index (χ0) is 15.6. The minimum Gasteiger partial charge on any atom is -0.496 e. The summed E-state index contributed by atoms with van der Waals surface area (Å²) in [6.45, 7) is 4.06. The molecule has 0 aromatic heterocycles. The number of nitrogens with two attached hydrogens (primary N) is 1. The van der Waals surface area contributed by atoms with Crippen molar-refractivity contribution >= 4 is 23.2 Å². The molecule has 2 aromatic carbocycles. The van der Waals surface area contributed by atoms with Crippen LogP contribution < -0.4 is 16.0 Å². The lowest BCUT2D eigenvalue weighted by Gasteiger charge is -2.22. The molecule has 3 N–H and O–H groups in total. The van der Waals surface area contributed by atoms with Crippen molar-refractivity contribution in [1.29, 1.82) is 0 Å². The third-order valence-electron chi connectivity index (χ3n) is 3.39. The number of halogens is 2. The summed E-state index contributed by atoms with van der Waals surface area (Å²) in [6, 6.07) is 9.21. The predicted octanol–water partition coefficient (Wildman–Crippen LogP) is 4.17. The second-order valence-corrected chi connectivity index (χ2v) is 5.87. The van der Waals surface area contributed by atoms with Crippen LogP contribution in [0.25, 0.3) is 0 Å². The number of nitrogens with one attached hydrogen (secondary N) is 1. The molecule has 2 aromatic rings. The van der Waals surface area contributed by atoms with Gasteiger partial charge in [0, 0.05) is 15.6 Å². The minimum absolute atomic E-state index is 0.253. The van der Waals surface area contributed by atoms with E-state index in [9.17, 15) is 0 Å². The second-order valence-electron chi connectivity index (χ2n) is 5.00. The largest absolute Gasteiger partial charge is 0.496 e. The van der Waals surface area contributed by atoms with Crippen LogP contribution in [-0.2, 0) is 0 Å². The molecule has 2 rings (SSSR count). The second kappa shape index (κ2) is 6.67. The highest BCUT2D eigenvalue weighted by Gasteiger charge is 2.20. The quantitative estimate of drug-likeness (QED) is 0.655. The normalized spacial score (nSPS) is 12.3. The van der Waals surface area contributed by atoms with E-state index in [1.165, 1.54) is 0 Å². The Morgan fingerprint density at radius 2 is 1.67 bits per heavy atom. The van der Waals surface area contributed by atoms with Crippen LogP contribution in [0.3, 0.4) is 0 Å². The number of hydrogen-bond donors (Lipinski definition) is 2. The Hall–Kier alpha value is -1.26. The van der Waals surface area contributed by atoms with Gasteiger partial charge in [0.05, 0.1) is 13.2 Å². The van der Waals surface area contributed by atoms with E-state index in [1.54, 1.807) is 13.2 Å². The Morgan fingerprint density at radius 1 is 1.05 bits per heavy atom. The fraction of sp³-hybridized carbons (Fsp3) is 0.250. The lowest BCUT2D eigenvalue weighted by atomic mass is 9.93. The van der Waals surface area contributed by atoms with E-state index in [-0.39, 0.29) is 6.04 Å². The van der Waals surface area contributed by atoms with Crippen LogP contribution in [0.5, 0.6) is 5.75 Å². The first kappa shape index (κ1) is 16.1. The molecule has 0 bridgehead atoms. The van der Waals surface area contributed by atoms with Gasteiger partial charge in [0.1, 0.15) is 5.75 Å². The molecule has 0 amide bonds. The van der Waals surface area contributed by atoms with E-state index in [4.69, 9.17) is 33.8 Å². The van der Waals surface area contributed by atoms with Gasteiger partial charge in [0.2, 0.25) is 0 Å². The first-order valence-electron chi connectivity index (χ1n) is 6.53. The highest BCUT2D eigenvalue weighted by molar-refractivity contribution is 6.34. The molecule has 0 aliphatic carbocycles. The van der Waals surface area contributed by atoms with Crippen molar-refractivity contribution in [2.75, 3.05) is 7.11 Å². The van der Waals surface area contributed by atoms with Crippen LogP contribution in [0.15, 0.2) is 30.3 Å². The van der Waals surface area contributed by atoms with Gasteiger partial charge in [-0.1, -0.05) is 29.3 Å². The zero-order valence-electron chi connectivity index (χ0n) is 12.2. The number of hydrazine groups is 1. The van der Waals surface area contributed by atoms with Crippen molar-refractivity contribution in [3.8, 4) is 5.75 Å². The SMILES string of the molecule is COc1cc(C)cc(C)c1C(NN)c1cc(Cl)cc(Cl)c1. The number of aryl methyl sites for hydroxylation is 2. The van der Waals surface area contributed by atoms with Crippen molar-refractivity contribution in [2.45, 2.75) is 19.9 Å².